The molecule has 0 radical (unpaired) electrons. The summed E-state index contributed by atoms with van der Waals surface area (Å²) in [7, 11) is 0. The minimum Gasteiger partial charge on any atom is -0.396 e. The van der Waals surface area contributed by atoms with E-state index >= 15 is 0 Å². The first kappa shape index (κ1) is 20.9. The minimum atomic E-state index is -4.12. The number of hydrogen-bond acceptors (Lipinski definition) is 3. The van der Waals surface area contributed by atoms with Crippen LogP contribution in [0, 0.1) is 11.8 Å². The van der Waals surface area contributed by atoms with Gasteiger partial charge in [-0.3, -0.25) is 4.79 Å². The topological polar surface area (TPSA) is 52.6 Å². The van der Waals surface area contributed by atoms with Gasteiger partial charge >= 0.3 is 6.18 Å². The van der Waals surface area contributed by atoms with E-state index in [4.69, 9.17) is 5.11 Å². The van der Waals surface area contributed by atoms with Crippen molar-refractivity contribution in [3.8, 4) is 0 Å². The van der Waals surface area contributed by atoms with Gasteiger partial charge in [-0.15, -0.1) is 0 Å². The molecule has 3 atom stereocenters. The molecule has 1 heterocycles. The largest absolute Gasteiger partial charge is 0.396 e. The summed E-state index contributed by atoms with van der Waals surface area (Å²) in [5, 5.41) is 12.3. The maximum atomic E-state index is 13.4. The van der Waals surface area contributed by atoms with Crippen molar-refractivity contribution in [3.05, 3.63) is 0 Å². The maximum absolute atomic E-state index is 13.4. The average Bonchev–Trinajstić information content (AvgIpc) is 2.78. The SMILES string of the molecule is O=C1C(NCCCO)CCC2CCCCC2N1C1CCC(C(F)(F)F)CC1. The molecule has 0 aromatic carbocycles. The van der Waals surface area contributed by atoms with Crippen LogP contribution >= 0.6 is 0 Å². The summed E-state index contributed by atoms with van der Waals surface area (Å²) < 4.78 is 39.1. The first-order valence-corrected chi connectivity index (χ1v) is 10.6. The molecule has 3 unspecified atom stereocenters. The molecule has 3 aliphatic rings. The second kappa shape index (κ2) is 9.12. The zero-order valence-electron chi connectivity index (χ0n) is 16.0. The number of carbonyl (C=O) groups excluding carboxylic acids is 1. The van der Waals surface area contributed by atoms with Gasteiger partial charge in [-0.2, -0.15) is 13.2 Å². The van der Waals surface area contributed by atoms with E-state index in [0.29, 0.717) is 31.7 Å². The van der Waals surface area contributed by atoms with Gasteiger partial charge in [-0.25, -0.2) is 0 Å². The van der Waals surface area contributed by atoms with Crippen LogP contribution < -0.4 is 5.32 Å². The molecule has 0 aromatic heterocycles. The minimum absolute atomic E-state index is 0.0538. The van der Waals surface area contributed by atoms with Gasteiger partial charge in [-0.05, 0) is 70.3 Å². The van der Waals surface area contributed by atoms with Gasteiger partial charge in [0.25, 0.3) is 0 Å². The van der Waals surface area contributed by atoms with Crippen LogP contribution in [-0.2, 0) is 4.79 Å². The highest BCUT2D eigenvalue weighted by Crippen LogP contribution is 2.42. The number of rotatable bonds is 5. The van der Waals surface area contributed by atoms with Crippen LogP contribution in [-0.4, -0.2) is 53.4 Å². The average molecular weight is 390 g/mol. The number of carbonyl (C=O) groups is 1. The predicted octanol–water partition coefficient (Wildman–Crippen LogP) is 3.63. The van der Waals surface area contributed by atoms with E-state index in [2.05, 4.69) is 5.32 Å². The number of nitrogens with zero attached hydrogens (tertiary/aromatic N) is 1. The lowest BCUT2D eigenvalue weighted by atomic mass is 9.79. The third-order valence-electron chi connectivity index (χ3n) is 6.88. The van der Waals surface area contributed by atoms with Crippen molar-refractivity contribution < 1.29 is 23.1 Å². The van der Waals surface area contributed by atoms with Gasteiger partial charge < -0.3 is 15.3 Å². The number of halogens is 3. The molecule has 2 N–H and O–H groups in total. The molecule has 4 nitrogen and oxygen atoms in total. The molecule has 1 aliphatic heterocycles. The van der Waals surface area contributed by atoms with Crippen LogP contribution in [0.15, 0.2) is 0 Å². The Bertz CT molecular complexity index is 492. The summed E-state index contributed by atoms with van der Waals surface area (Å²) in [6.07, 6.45) is 3.87. The monoisotopic (exact) mass is 390 g/mol. The summed E-state index contributed by atoms with van der Waals surface area (Å²) in [4.78, 5) is 15.4. The fourth-order valence-corrected chi connectivity index (χ4v) is 5.42. The molecule has 3 fully saturated rings. The van der Waals surface area contributed by atoms with Gasteiger partial charge in [0.1, 0.15) is 0 Å². The van der Waals surface area contributed by atoms with E-state index in [-0.39, 0.29) is 43.5 Å². The van der Waals surface area contributed by atoms with E-state index in [0.717, 1.165) is 32.1 Å². The molecular formula is C20H33F3N2O2. The number of aliphatic hydroxyl groups excluding tert-OH is 1. The first-order chi connectivity index (χ1) is 12.9. The number of nitrogens with one attached hydrogen (secondary N) is 1. The summed E-state index contributed by atoms with van der Waals surface area (Å²) in [6, 6.07) is -0.118. The number of amides is 1. The molecule has 2 aliphatic carbocycles. The van der Waals surface area contributed by atoms with Crippen molar-refractivity contribution in [2.45, 2.75) is 94.9 Å². The molecular weight excluding hydrogens is 357 g/mol. The predicted molar refractivity (Wildman–Crippen MR) is 97.1 cm³/mol. The van der Waals surface area contributed by atoms with Gasteiger partial charge in [0.2, 0.25) is 5.91 Å². The highest BCUT2D eigenvalue weighted by Gasteiger charge is 2.46. The molecule has 0 aromatic rings. The summed E-state index contributed by atoms with van der Waals surface area (Å²) in [6.45, 7) is 0.682. The van der Waals surface area contributed by atoms with Crippen molar-refractivity contribution in [1.82, 2.24) is 10.2 Å². The molecule has 2 saturated carbocycles. The van der Waals surface area contributed by atoms with E-state index in [9.17, 15) is 18.0 Å². The van der Waals surface area contributed by atoms with Crippen molar-refractivity contribution in [2.75, 3.05) is 13.2 Å². The summed E-state index contributed by atoms with van der Waals surface area (Å²) in [5.74, 6) is -0.651. The standard InChI is InChI=1S/C20H33F3N2O2/c21-20(22,23)15-7-9-16(10-8-15)25-18-5-2-1-4-14(18)6-11-17(19(25)27)24-12-3-13-26/h14-18,24,26H,1-13H2. The van der Waals surface area contributed by atoms with E-state index < -0.39 is 12.1 Å². The zero-order chi connectivity index (χ0) is 19.4. The second-order valence-electron chi connectivity index (χ2n) is 8.57. The Kier molecular flexibility index (Phi) is 7.06. The molecule has 1 amide bonds. The van der Waals surface area contributed by atoms with Crippen molar-refractivity contribution in [2.24, 2.45) is 11.8 Å². The summed E-state index contributed by atoms with van der Waals surface area (Å²) >= 11 is 0. The number of alkyl halides is 3. The Balaban J connectivity index is 1.73. The van der Waals surface area contributed by atoms with Crippen LogP contribution in [0.25, 0.3) is 0 Å². The highest BCUT2D eigenvalue weighted by molar-refractivity contribution is 5.83. The number of aliphatic hydroxyl groups is 1. The lowest BCUT2D eigenvalue weighted by Crippen LogP contribution is -2.56. The smallest absolute Gasteiger partial charge is 0.391 e. The quantitative estimate of drug-likeness (QED) is 0.705. The third kappa shape index (κ3) is 4.97. The van der Waals surface area contributed by atoms with Gasteiger partial charge in [0.05, 0.1) is 12.0 Å². The molecule has 3 rings (SSSR count). The van der Waals surface area contributed by atoms with Crippen LogP contribution in [0.1, 0.15) is 70.6 Å². The first-order valence-electron chi connectivity index (χ1n) is 10.6. The molecule has 0 spiro atoms. The van der Waals surface area contributed by atoms with E-state index in [1.165, 1.54) is 6.42 Å². The Labute approximate surface area is 159 Å². The molecule has 156 valence electrons. The maximum Gasteiger partial charge on any atom is 0.391 e. The third-order valence-corrected chi connectivity index (χ3v) is 6.88. The Morgan fingerprint density at radius 2 is 1.70 bits per heavy atom. The Hall–Kier alpha value is -0.820. The Morgan fingerprint density at radius 3 is 2.37 bits per heavy atom. The highest BCUT2D eigenvalue weighted by atomic mass is 19.4. The number of hydrogen-bond donors (Lipinski definition) is 2. The molecule has 1 saturated heterocycles. The fraction of sp³-hybridized carbons (Fsp3) is 0.950. The van der Waals surface area contributed by atoms with Crippen molar-refractivity contribution in [1.29, 1.82) is 0 Å². The molecule has 0 bridgehead atoms. The van der Waals surface area contributed by atoms with Crippen molar-refractivity contribution >= 4 is 5.91 Å². The fourth-order valence-electron chi connectivity index (χ4n) is 5.42. The zero-order valence-corrected chi connectivity index (χ0v) is 16.0. The van der Waals surface area contributed by atoms with Crippen LogP contribution in [0.4, 0.5) is 13.2 Å². The number of fused-ring (bicyclic) bond motifs is 1. The van der Waals surface area contributed by atoms with Gasteiger partial charge in [-0.1, -0.05) is 12.8 Å². The number of likely N-dealkylation sites (tertiary alicyclic amines) is 1. The van der Waals surface area contributed by atoms with E-state index in [1.807, 2.05) is 4.90 Å². The Morgan fingerprint density at radius 1 is 1.00 bits per heavy atom. The normalized spacial score (nSPS) is 35.6. The van der Waals surface area contributed by atoms with Crippen LogP contribution in [0.5, 0.6) is 0 Å². The van der Waals surface area contributed by atoms with E-state index in [1.54, 1.807) is 0 Å². The molecule has 7 heteroatoms. The van der Waals surface area contributed by atoms with Crippen molar-refractivity contribution in [3.63, 3.8) is 0 Å². The lowest BCUT2D eigenvalue weighted by Gasteiger charge is -2.45. The molecule has 27 heavy (non-hydrogen) atoms. The van der Waals surface area contributed by atoms with Gasteiger partial charge in [0, 0.05) is 18.7 Å². The van der Waals surface area contributed by atoms with Crippen LogP contribution in [0.3, 0.4) is 0 Å². The summed E-state index contributed by atoms with van der Waals surface area (Å²) in [5.41, 5.74) is 0. The lowest BCUT2D eigenvalue weighted by molar-refractivity contribution is -0.185. The second-order valence-corrected chi connectivity index (χ2v) is 8.57. The van der Waals surface area contributed by atoms with Gasteiger partial charge in [0.15, 0.2) is 0 Å². The van der Waals surface area contributed by atoms with Crippen LogP contribution in [0.2, 0.25) is 0 Å².